The molecule has 1 aromatic heterocycles. The van der Waals surface area contributed by atoms with Crippen molar-refractivity contribution in [3.05, 3.63) is 83.3 Å². The van der Waals surface area contributed by atoms with Gasteiger partial charge in [0.25, 0.3) is 0 Å². The number of rotatable bonds is 3. The number of fused-ring (bicyclic) bond motifs is 5. The summed E-state index contributed by atoms with van der Waals surface area (Å²) in [5, 5.41) is 5.34. The zero-order valence-corrected chi connectivity index (χ0v) is 15.5. The molecule has 0 saturated heterocycles. The topological polar surface area (TPSA) is 30.2 Å². The largest absolute Gasteiger partial charge is 0.461 e. The minimum Gasteiger partial charge on any atom is -0.461 e. The molecule has 2 heteroatoms. The first-order valence-electron chi connectivity index (χ1n) is 9.79. The molecule has 0 bridgehead atoms. The van der Waals surface area contributed by atoms with E-state index in [2.05, 4.69) is 48.5 Å². The number of aryl methyl sites for hydroxylation is 1. The summed E-state index contributed by atoms with van der Waals surface area (Å²) in [6.07, 6.45) is 5.23. The van der Waals surface area contributed by atoms with Gasteiger partial charge in [-0.25, -0.2) is 0 Å². The normalized spacial score (nSPS) is 16.6. The second-order valence-corrected chi connectivity index (χ2v) is 7.51. The van der Waals surface area contributed by atoms with Gasteiger partial charge in [-0.15, -0.1) is 0 Å². The van der Waals surface area contributed by atoms with Gasteiger partial charge in [0, 0.05) is 12.0 Å². The van der Waals surface area contributed by atoms with Gasteiger partial charge in [-0.1, -0.05) is 55.5 Å². The van der Waals surface area contributed by atoms with Crippen LogP contribution in [0.1, 0.15) is 52.9 Å². The van der Waals surface area contributed by atoms with Crippen LogP contribution >= 0.6 is 0 Å². The summed E-state index contributed by atoms with van der Waals surface area (Å²) in [5.74, 6) is 1.03. The zero-order valence-electron chi connectivity index (χ0n) is 15.5. The van der Waals surface area contributed by atoms with Crippen LogP contribution in [0.25, 0.3) is 21.5 Å². The third kappa shape index (κ3) is 2.59. The molecule has 0 N–H and O–H groups in total. The predicted octanol–water partition coefficient (Wildman–Crippen LogP) is 6.45. The fraction of sp³-hybridized carbons (Fsp3) is 0.240. The summed E-state index contributed by atoms with van der Waals surface area (Å²) >= 11 is 0. The first kappa shape index (κ1) is 16.3. The van der Waals surface area contributed by atoms with E-state index in [0.29, 0.717) is 18.1 Å². The molecule has 1 atom stereocenters. The van der Waals surface area contributed by atoms with E-state index in [4.69, 9.17) is 4.42 Å². The van der Waals surface area contributed by atoms with Gasteiger partial charge in [-0.05, 0) is 63.9 Å². The minimum absolute atomic E-state index is 0.103. The van der Waals surface area contributed by atoms with Crippen molar-refractivity contribution in [1.82, 2.24) is 0 Å². The van der Waals surface area contributed by atoms with Crippen LogP contribution in [0.2, 0.25) is 0 Å². The van der Waals surface area contributed by atoms with Gasteiger partial charge < -0.3 is 4.42 Å². The van der Waals surface area contributed by atoms with Crippen molar-refractivity contribution in [2.24, 2.45) is 0 Å². The Bertz CT molecular complexity index is 1170. The third-order valence-corrected chi connectivity index (χ3v) is 6.05. The molecule has 0 aliphatic heterocycles. The summed E-state index contributed by atoms with van der Waals surface area (Å²) < 4.78 is 5.53. The van der Waals surface area contributed by atoms with Crippen LogP contribution in [-0.2, 0) is 12.8 Å². The van der Waals surface area contributed by atoms with E-state index < -0.39 is 0 Å². The summed E-state index contributed by atoms with van der Waals surface area (Å²) in [6, 6.07) is 19.7. The van der Waals surface area contributed by atoms with Crippen molar-refractivity contribution in [1.29, 1.82) is 0 Å². The van der Waals surface area contributed by atoms with E-state index in [1.165, 1.54) is 32.7 Å². The molecule has 1 aliphatic rings. The number of Topliss-reactive ketones (excluding diaryl/α,β-unsaturated/α-hetero) is 1. The summed E-state index contributed by atoms with van der Waals surface area (Å²) in [5.41, 5.74) is 3.97. The maximum atomic E-state index is 12.2. The smallest absolute Gasteiger partial charge is 0.198 e. The Balaban J connectivity index is 1.57. The Morgan fingerprint density at radius 2 is 1.85 bits per heavy atom. The lowest BCUT2D eigenvalue weighted by Gasteiger charge is -2.26. The molecule has 0 radical (unpaired) electrons. The summed E-state index contributed by atoms with van der Waals surface area (Å²) in [4.78, 5) is 12.2. The number of carbonyl (C=O) groups excluding carboxylic acids is 1. The third-order valence-electron chi connectivity index (χ3n) is 6.05. The quantitative estimate of drug-likeness (QED) is 0.312. The van der Waals surface area contributed by atoms with Gasteiger partial charge in [0.05, 0.1) is 6.26 Å². The fourth-order valence-corrected chi connectivity index (χ4v) is 4.66. The van der Waals surface area contributed by atoms with Crippen LogP contribution in [-0.4, -0.2) is 5.78 Å². The number of ketones is 1. The summed E-state index contributed by atoms with van der Waals surface area (Å²) in [6.45, 7) is 1.89. The SMILES string of the molecule is CCC(=O)c1occc1[C@@H]1CCc2c(ccc3c2ccc2ccccc23)C1. The Morgan fingerprint density at radius 1 is 1.00 bits per heavy atom. The van der Waals surface area contributed by atoms with Crippen molar-refractivity contribution < 1.29 is 9.21 Å². The Labute approximate surface area is 158 Å². The molecule has 5 rings (SSSR count). The van der Waals surface area contributed by atoms with Gasteiger partial charge in [0.2, 0.25) is 0 Å². The fourth-order valence-electron chi connectivity index (χ4n) is 4.66. The van der Waals surface area contributed by atoms with Crippen LogP contribution in [0, 0.1) is 0 Å². The van der Waals surface area contributed by atoms with Gasteiger partial charge in [0.1, 0.15) is 0 Å². The van der Waals surface area contributed by atoms with E-state index in [1.54, 1.807) is 6.26 Å². The van der Waals surface area contributed by atoms with E-state index >= 15 is 0 Å². The Kier molecular flexibility index (Phi) is 3.86. The molecule has 0 spiro atoms. The number of benzene rings is 3. The number of furan rings is 1. The Hall–Kier alpha value is -2.87. The van der Waals surface area contributed by atoms with Crippen molar-refractivity contribution in [3.8, 4) is 0 Å². The lowest BCUT2D eigenvalue weighted by atomic mass is 9.78. The molecule has 4 aromatic rings. The van der Waals surface area contributed by atoms with Gasteiger partial charge >= 0.3 is 0 Å². The number of hydrogen-bond acceptors (Lipinski definition) is 2. The molecule has 3 aromatic carbocycles. The maximum Gasteiger partial charge on any atom is 0.198 e. The first-order valence-corrected chi connectivity index (χ1v) is 9.79. The van der Waals surface area contributed by atoms with Gasteiger partial charge in [0.15, 0.2) is 11.5 Å². The highest BCUT2D eigenvalue weighted by molar-refractivity contribution is 6.08. The average Bonchev–Trinajstić information content (AvgIpc) is 3.22. The second kappa shape index (κ2) is 6.38. The minimum atomic E-state index is 0.103. The van der Waals surface area contributed by atoms with Crippen LogP contribution < -0.4 is 0 Å². The first-order chi connectivity index (χ1) is 13.3. The standard InChI is InChI=1S/C25H22O2/c1-2-24(26)25-21(13-14-27-25)18-8-10-20-17(15-18)9-12-22-19-6-4-3-5-16(19)7-11-23(20)22/h3-7,9,11-14,18H,2,8,10,15H2,1H3/t18-/m1/s1. The highest BCUT2D eigenvalue weighted by atomic mass is 16.3. The zero-order chi connectivity index (χ0) is 18.4. The highest BCUT2D eigenvalue weighted by Gasteiger charge is 2.26. The molecule has 1 heterocycles. The maximum absolute atomic E-state index is 12.2. The van der Waals surface area contributed by atoms with Crippen molar-refractivity contribution in [2.75, 3.05) is 0 Å². The van der Waals surface area contributed by atoms with Crippen LogP contribution in [0.5, 0.6) is 0 Å². The molecule has 0 amide bonds. The van der Waals surface area contributed by atoms with Crippen LogP contribution in [0.3, 0.4) is 0 Å². The summed E-state index contributed by atoms with van der Waals surface area (Å²) in [7, 11) is 0. The predicted molar refractivity (Wildman–Crippen MR) is 110 cm³/mol. The second-order valence-electron chi connectivity index (χ2n) is 7.51. The Morgan fingerprint density at radius 3 is 2.74 bits per heavy atom. The lowest BCUT2D eigenvalue weighted by Crippen LogP contribution is -2.15. The molecule has 0 saturated carbocycles. The number of carbonyl (C=O) groups is 1. The van der Waals surface area contributed by atoms with E-state index in [9.17, 15) is 4.79 Å². The molecule has 134 valence electrons. The molecular formula is C25H22O2. The molecule has 0 fully saturated rings. The van der Waals surface area contributed by atoms with Crippen molar-refractivity contribution in [3.63, 3.8) is 0 Å². The molecule has 2 nitrogen and oxygen atoms in total. The molecule has 27 heavy (non-hydrogen) atoms. The van der Waals surface area contributed by atoms with Crippen molar-refractivity contribution >= 4 is 27.3 Å². The lowest BCUT2D eigenvalue weighted by molar-refractivity contribution is 0.0959. The van der Waals surface area contributed by atoms with Crippen molar-refractivity contribution in [2.45, 2.75) is 38.5 Å². The highest BCUT2D eigenvalue weighted by Crippen LogP contribution is 2.39. The molecular weight excluding hydrogens is 332 g/mol. The van der Waals surface area contributed by atoms with E-state index in [1.807, 2.05) is 13.0 Å². The monoisotopic (exact) mass is 354 g/mol. The van der Waals surface area contributed by atoms with Gasteiger partial charge in [-0.2, -0.15) is 0 Å². The molecule has 1 aliphatic carbocycles. The average molecular weight is 354 g/mol. The number of hydrogen-bond donors (Lipinski definition) is 0. The van der Waals surface area contributed by atoms with E-state index in [-0.39, 0.29) is 5.78 Å². The van der Waals surface area contributed by atoms with Crippen LogP contribution in [0.4, 0.5) is 0 Å². The van der Waals surface area contributed by atoms with E-state index in [0.717, 1.165) is 24.8 Å². The molecule has 0 unspecified atom stereocenters. The van der Waals surface area contributed by atoms with Crippen LogP contribution in [0.15, 0.2) is 65.3 Å². The van der Waals surface area contributed by atoms with Gasteiger partial charge in [-0.3, -0.25) is 4.79 Å².